The monoisotopic (exact) mass is 410 g/mol. The normalized spacial score (nSPS) is 24.3. The van der Waals surface area contributed by atoms with E-state index in [0.717, 1.165) is 31.2 Å². The molecule has 1 N–H and O–H groups in total. The van der Waals surface area contributed by atoms with Crippen molar-refractivity contribution < 1.29 is 19.4 Å². The maximum Gasteiger partial charge on any atom is 0.263 e. The van der Waals surface area contributed by atoms with Crippen molar-refractivity contribution in [1.29, 1.82) is 0 Å². The SMILES string of the molecule is Cc1ccn(Cc2ccc3c(c2)OCO3)c(=O)c1C(=O)N1[C@@H]2CC[C@H]1CC(CO)C2. The number of aryl methyl sites for hydroxylation is 1. The van der Waals surface area contributed by atoms with Crippen LogP contribution in [0.25, 0.3) is 0 Å². The summed E-state index contributed by atoms with van der Waals surface area (Å²) in [6.45, 7) is 2.55. The first-order chi connectivity index (χ1) is 14.5. The zero-order valence-corrected chi connectivity index (χ0v) is 17.0. The fourth-order valence-electron chi connectivity index (χ4n) is 5.19. The molecule has 2 fully saturated rings. The number of hydrogen-bond acceptors (Lipinski definition) is 5. The van der Waals surface area contributed by atoms with Crippen LogP contribution < -0.4 is 15.0 Å². The molecule has 3 aliphatic heterocycles. The van der Waals surface area contributed by atoms with Gasteiger partial charge < -0.3 is 24.0 Å². The highest BCUT2D eigenvalue weighted by Gasteiger charge is 2.44. The quantitative estimate of drug-likeness (QED) is 0.837. The van der Waals surface area contributed by atoms with Crippen molar-refractivity contribution in [2.45, 2.75) is 51.2 Å². The molecule has 7 nitrogen and oxygen atoms in total. The van der Waals surface area contributed by atoms with Crippen LogP contribution in [0.15, 0.2) is 35.3 Å². The second-order valence-electron chi connectivity index (χ2n) is 8.61. The smallest absolute Gasteiger partial charge is 0.263 e. The number of benzene rings is 1. The highest BCUT2D eigenvalue weighted by atomic mass is 16.7. The van der Waals surface area contributed by atoms with Gasteiger partial charge in [0.2, 0.25) is 6.79 Å². The van der Waals surface area contributed by atoms with Crippen LogP contribution in [0.4, 0.5) is 0 Å². The van der Waals surface area contributed by atoms with Crippen molar-refractivity contribution in [3.63, 3.8) is 0 Å². The molecule has 0 radical (unpaired) electrons. The number of nitrogens with zero attached hydrogens (tertiary/aromatic N) is 2. The molecule has 2 aromatic rings. The van der Waals surface area contributed by atoms with E-state index in [1.807, 2.05) is 36.1 Å². The van der Waals surface area contributed by atoms with Crippen LogP contribution in [0.5, 0.6) is 11.5 Å². The third-order valence-electron chi connectivity index (χ3n) is 6.70. The molecule has 7 heteroatoms. The summed E-state index contributed by atoms with van der Waals surface area (Å²) < 4.78 is 12.4. The molecule has 1 amide bonds. The Bertz CT molecular complexity index is 1030. The molecule has 4 heterocycles. The Morgan fingerprint density at radius 2 is 1.87 bits per heavy atom. The second kappa shape index (κ2) is 7.47. The van der Waals surface area contributed by atoms with Crippen LogP contribution in [0.1, 0.15) is 47.2 Å². The molecule has 1 aromatic heterocycles. The summed E-state index contributed by atoms with van der Waals surface area (Å²) in [5.74, 6) is 1.47. The predicted molar refractivity (Wildman–Crippen MR) is 110 cm³/mol. The molecular weight excluding hydrogens is 384 g/mol. The number of aromatic nitrogens is 1. The van der Waals surface area contributed by atoms with E-state index in [1.165, 1.54) is 0 Å². The van der Waals surface area contributed by atoms with Crippen molar-refractivity contribution in [1.82, 2.24) is 9.47 Å². The fourth-order valence-corrected chi connectivity index (χ4v) is 5.19. The van der Waals surface area contributed by atoms with Crippen LogP contribution in [0.3, 0.4) is 0 Å². The molecule has 0 saturated carbocycles. The van der Waals surface area contributed by atoms with Gasteiger partial charge in [0.25, 0.3) is 11.5 Å². The molecule has 158 valence electrons. The minimum Gasteiger partial charge on any atom is -0.454 e. The minimum atomic E-state index is -0.263. The summed E-state index contributed by atoms with van der Waals surface area (Å²) >= 11 is 0. The number of carbonyl (C=O) groups is 1. The van der Waals surface area contributed by atoms with E-state index >= 15 is 0 Å². The van der Waals surface area contributed by atoms with E-state index < -0.39 is 0 Å². The molecule has 2 bridgehead atoms. The second-order valence-corrected chi connectivity index (χ2v) is 8.61. The number of hydrogen-bond donors (Lipinski definition) is 1. The Balaban J connectivity index is 1.44. The molecule has 1 unspecified atom stereocenters. The Hall–Kier alpha value is -2.80. The van der Waals surface area contributed by atoms with E-state index in [9.17, 15) is 14.7 Å². The number of aliphatic hydroxyl groups excluding tert-OH is 1. The number of rotatable bonds is 4. The first-order valence-electron chi connectivity index (χ1n) is 10.6. The van der Waals surface area contributed by atoms with Gasteiger partial charge in [-0.25, -0.2) is 0 Å². The lowest BCUT2D eigenvalue weighted by atomic mass is 9.90. The highest BCUT2D eigenvalue weighted by Crippen LogP contribution is 2.39. The van der Waals surface area contributed by atoms with E-state index in [0.29, 0.717) is 23.6 Å². The standard InChI is InChI=1S/C23H26N2O5/c1-14-6-7-24(11-15-2-5-19-20(10-15)30-13-29-19)22(27)21(14)23(28)25-17-3-4-18(25)9-16(8-17)12-26/h2,5-7,10,16-18,26H,3-4,8-9,11-13H2,1H3/t16?,17-,18+. The number of aliphatic hydroxyl groups is 1. The average Bonchev–Trinajstić information content (AvgIpc) is 3.31. The van der Waals surface area contributed by atoms with Gasteiger partial charge in [-0.15, -0.1) is 0 Å². The zero-order valence-electron chi connectivity index (χ0n) is 17.0. The third kappa shape index (κ3) is 3.17. The molecule has 30 heavy (non-hydrogen) atoms. The zero-order chi connectivity index (χ0) is 20.8. The predicted octanol–water partition coefficient (Wildman–Crippen LogP) is 2.31. The Morgan fingerprint density at radius 3 is 2.60 bits per heavy atom. The summed E-state index contributed by atoms with van der Waals surface area (Å²) in [6.07, 6.45) is 5.27. The molecule has 2 saturated heterocycles. The van der Waals surface area contributed by atoms with Gasteiger partial charge >= 0.3 is 0 Å². The molecule has 5 rings (SSSR count). The van der Waals surface area contributed by atoms with Crippen molar-refractivity contribution >= 4 is 5.91 Å². The highest BCUT2D eigenvalue weighted by molar-refractivity contribution is 5.96. The maximum atomic E-state index is 13.5. The van der Waals surface area contributed by atoms with Crippen LogP contribution in [-0.4, -0.2) is 46.0 Å². The Morgan fingerprint density at radius 1 is 1.13 bits per heavy atom. The largest absolute Gasteiger partial charge is 0.454 e. The molecule has 0 spiro atoms. The maximum absolute atomic E-state index is 13.5. The van der Waals surface area contributed by atoms with Crippen LogP contribution in [0, 0.1) is 12.8 Å². The number of carbonyl (C=O) groups excluding carboxylic acids is 1. The fraction of sp³-hybridized carbons (Fsp3) is 0.478. The van der Waals surface area contributed by atoms with Gasteiger partial charge in [-0.05, 0) is 67.9 Å². The van der Waals surface area contributed by atoms with E-state index in [-0.39, 0.29) is 48.4 Å². The van der Waals surface area contributed by atoms with E-state index in [2.05, 4.69) is 0 Å². The van der Waals surface area contributed by atoms with Gasteiger partial charge in [0.15, 0.2) is 11.5 Å². The van der Waals surface area contributed by atoms with Gasteiger partial charge in [0.1, 0.15) is 5.56 Å². The molecule has 3 aliphatic rings. The lowest BCUT2D eigenvalue weighted by molar-refractivity contribution is 0.0450. The molecule has 1 aromatic carbocycles. The lowest BCUT2D eigenvalue weighted by Crippen LogP contribution is -2.49. The van der Waals surface area contributed by atoms with Gasteiger partial charge in [0.05, 0.1) is 6.54 Å². The average molecular weight is 410 g/mol. The molecular formula is C23H26N2O5. The lowest BCUT2D eigenvalue weighted by Gasteiger charge is -2.38. The molecule has 3 atom stereocenters. The number of amides is 1. The first kappa shape index (κ1) is 19.2. The van der Waals surface area contributed by atoms with Crippen molar-refractivity contribution in [2.75, 3.05) is 13.4 Å². The number of fused-ring (bicyclic) bond motifs is 3. The van der Waals surface area contributed by atoms with Gasteiger partial charge in [0, 0.05) is 24.9 Å². The van der Waals surface area contributed by atoms with Gasteiger partial charge in [-0.1, -0.05) is 6.07 Å². The summed E-state index contributed by atoms with van der Waals surface area (Å²) in [5.41, 5.74) is 1.61. The van der Waals surface area contributed by atoms with E-state index in [1.54, 1.807) is 10.8 Å². The summed E-state index contributed by atoms with van der Waals surface area (Å²) in [6, 6.07) is 7.69. The summed E-state index contributed by atoms with van der Waals surface area (Å²) in [4.78, 5) is 28.7. The van der Waals surface area contributed by atoms with Crippen molar-refractivity contribution in [3.05, 3.63) is 57.5 Å². The third-order valence-corrected chi connectivity index (χ3v) is 6.70. The number of piperidine rings is 1. The number of ether oxygens (including phenoxy) is 2. The van der Waals surface area contributed by atoms with E-state index in [4.69, 9.17) is 9.47 Å². The summed E-state index contributed by atoms with van der Waals surface area (Å²) in [5, 5.41) is 9.55. The van der Waals surface area contributed by atoms with Crippen LogP contribution in [-0.2, 0) is 6.54 Å². The van der Waals surface area contributed by atoms with Crippen molar-refractivity contribution in [2.24, 2.45) is 5.92 Å². The Labute approximate surface area is 174 Å². The van der Waals surface area contributed by atoms with Crippen LogP contribution >= 0.6 is 0 Å². The van der Waals surface area contributed by atoms with Gasteiger partial charge in [-0.3, -0.25) is 9.59 Å². The van der Waals surface area contributed by atoms with Crippen LogP contribution in [0.2, 0.25) is 0 Å². The first-order valence-corrected chi connectivity index (χ1v) is 10.6. The Kier molecular flexibility index (Phi) is 4.77. The van der Waals surface area contributed by atoms with Crippen molar-refractivity contribution in [3.8, 4) is 11.5 Å². The number of pyridine rings is 1. The summed E-state index contributed by atoms with van der Waals surface area (Å²) in [7, 11) is 0. The van der Waals surface area contributed by atoms with Gasteiger partial charge in [-0.2, -0.15) is 0 Å². The topological polar surface area (TPSA) is 81.0 Å². The minimum absolute atomic E-state index is 0.120. The molecule has 0 aliphatic carbocycles.